The van der Waals surface area contributed by atoms with Gasteiger partial charge in [-0.1, -0.05) is 13.8 Å². The molecule has 2 unspecified atom stereocenters. The molecule has 5 nitrogen and oxygen atoms in total. The van der Waals surface area contributed by atoms with Crippen molar-refractivity contribution in [2.24, 2.45) is 0 Å². The summed E-state index contributed by atoms with van der Waals surface area (Å²) in [4.78, 5) is 14.0. The maximum Gasteiger partial charge on any atom is 0.323 e. The lowest BCUT2D eigenvalue weighted by Crippen LogP contribution is -2.51. The molecule has 0 aromatic carbocycles. The summed E-state index contributed by atoms with van der Waals surface area (Å²) in [5.41, 5.74) is -0.723. The Morgan fingerprint density at radius 3 is 2.75 bits per heavy atom. The van der Waals surface area contributed by atoms with E-state index in [1.807, 2.05) is 6.92 Å². The molecule has 118 valence electrons. The molecule has 0 saturated heterocycles. The number of nitrogens with zero attached hydrogens (tertiary/aromatic N) is 1. The number of hydrogen-bond acceptors (Lipinski definition) is 4. The van der Waals surface area contributed by atoms with Crippen molar-refractivity contribution >= 4 is 5.97 Å². The highest BCUT2D eigenvalue weighted by Gasteiger charge is 2.46. The van der Waals surface area contributed by atoms with E-state index in [-0.39, 0.29) is 0 Å². The summed E-state index contributed by atoms with van der Waals surface area (Å²) in [7, 11) is 0. The molecule has 5 heteroatoms. The zero-order valence-corrected chi connectivity index (χ0v) is 13.2. The Morgan fingerprint density at radius 1 is 1.45 bits per heavy atom. The van der Waals surface area contributed by atoms with E-state index in [0.29, 0.717) is 12.5 Å². The van der Waals surface area contributed by atoms with E-state index < -0.39 is 11.5 Å². The van der Waals surface area contributed by atoms with E-state index in [9.17, 15) is 9.90 Å². The van der Waals surface area contributed by atoms with Gasteiger partial charge in [0, 0.05) is 19.2 Å². The van der Waals surface area contributed by atoms with E-state index in [0.717, 1.165) is 52.1 Å². The number of hydrogen-bond donors (Lipinski definition) is 2. The summed E-state index contributed by atoms with van der Waals surface area (Å²) >= 11 is 0. The highest BCUT2D eigenvalue weighted by Crippen LogP contribution is 2.33. The maximum absolute atomic E-state index is 11.6. The third-order valence-electron chi connectivity index (χ3n) is 4.26. The number of carboxylic acid groups (broad SMARTS) is 1. The molecule has 2 N–H and O–H groups in total. The number of rotatable bonds is 10. The van der Waals surface area contributed by atoms with Gasteiger partial charge in [0.15, 0.2) is 0 Å². The van der Waals surface area contributed by atoms with Crippen molar-refractivity contribution in [2.45, 2.75) is 58.0 Å². The fraction of sp³-hybridized carbons (Fsp3) is 0.933. The molecule has 0 amide bonds. The second-order valence-corrected chi connectivity index (χ2v) is 5.54. The van der Waals surface area contributed by atoms with Crippen LogP contribution in [0.1, 0.15) is 46.5 Å². The molecule has 0 aromatic heterocycles. The lowest BCUT2D eigenvalue weighted by molar-refractivity contribution is -0.144. The van der Waals surface area contributed by atoms with Crippen LogP contribution in [0.3, 0.4) is 0 Å². The first-order chi connectivity index (χ1) is 9.59. The second kappa shape index (κ2) is 8.60. The minimum absolute atomic E-state index is 0.348. The molecule has 1 aliphatic carbocycles. The van der Waals surface area contributed by atoms with Crippen molar-refractivity contribution in [3.05, 3.63) is 0 Å². The Hall–Kier alpha value is -0.650. The van der Waals surface area contributed by atoms with Crippen molar-refractivity contribution in [3.8, 4) is 0 Å². The summed E-state index contributed by atoms with van der Waals surface area (Å²) in [6.45, 7) is 10.3. The summed E-state index contributed by atoms with van der Waals surface area (Å²) in [6, 6.07) is 0.348. The molecule has 0 aliphatic heterocycles. The SMILES string of the molecule is CCCNC1(C(=O)O)CCC(N(CC)CCOCC)C1. The Labute approximate surface area is 122 Å². The average Bonchev–Trinajstić information content (AvgIpc) is 2.87. The van der Waals surface area contributed by atoms with Gasteiger partial charge in [0.25, 0.3) is 0 Å². The lowest BCUT2D eigenvalue weighted by atomic mass is 9.97. The molecule has 1 rings (SSSR count). The zero-order valence-electron chi connectivity index (χ0n) is 13.2. The van der Waals surface area contributed by atoms with E-state index in [1.54, 1.807) is 0 Å². The molecule has 0 bridgehead atoms. The highest BCUT2D eigenvalue weighted by molar-refractivity contribution is 5.79. The molecule has 2 atom stereocenters. The summed E-state index contributed by atoms with van der Waals surface area (Å²) < 4.78 is 5.42. The van der Waals surface area contributed by atoms with Crippen molar-refractivity contribution in [3.63, 3.8) is 0 Å². The van der Waals surface area contributed by atoms with Crippen LogP contribution in [0.2, 0.25) is 0 Å². The lowest BCUT2D eigenvalue weighted by Gasteiger charge is -2.30. The molecule has 0 aromatic rings. The molecule has 0 spiro atoms. The Balaban J connectivity index is 2.58. The Bertz CT molecular complexity index is 299. The average molecular weight is 286 g/mol. The van der Waals surface area contributed by atoms with Crippen molar-refractivity contribution < 1.29 is 14.6 Å². The molecule has 1 aliphatic rings. The fourth-order valence-electron chi connectivity index (χ4n) is 3.05. The largest absolute Gasteiger partial charge is 0.480 e. The van der Waals surface area contributed by atoms with Crippen molar-refractivity contribution in [2.75, 3.05) is 32.8 Å². The van der Waals surface area contributed by atoms with Crippen LogP contribution in [0.5, 0.6) is 0 Å². The molecular weight excluding hydrogens is 256 g/mol. The molecule has 1 saturated carbocycles. The van der Waals surface area contributed by atoms with Crippen LogP contribution < -0.4 is 5.32 Å². The standard InChI is InChI=1S/C15H30N2O3/c1-4-9-16-15(14(18)19)8-7-13(12-15)17(5-2)10-11-20-6-3/h13,16H,4-12H2,1-3H3,(H,18,19). The number of nitrogens with one attached hydrogen (secondary N) is 1. The first kappa shape index (κ1) is 17.4. The minimum Gasteiger partial charge on any atom is -0.480 e. The van der Waals surface area contributed by atoms with Gasteiger partial charge < -0.3 is 15.2 Å². The first-order valence-corrected chi connectivity index (χ1v) is 7.89. The summed E-state index contributed by atoms with van der Waals surface area (Å²) in [6.07, 6.45) is 3.32. The third kappa shape index (κ3) is 4.43. The number of carbonyl (C=O) groups is 1. The third-order valence-corrected chi connectivity index (χ3v) is 4.26. The summed E-state index contributed by atoms with van der Waals surface area (Å²) in [5.74, 6) is -0.700. The van der Waals surface area contributed by atoms with Gasteiger partial charge in [-0.3, -0.25) is 9.69 Å². The second-order valence-electron chi connectivity index (χ2n) is 5.54. The van der Waals surface area contributed by atoms with Crippen LogP contribution in [0.15, 0.2) is 0 Å². The predicted octanol–water partition coefficient (Wildman–Crippen LogP) is 1.72. The van der Waals surface area contributed by atoms with Gasteiger partial charge in [-0.05, 0) is 45.7 Å². The maximum atomic E-state index is 11.6. The summed E-state index contributed by atoms with van der Waals surface area (Å²) in [5, 5.41) is 12.8. The van der Waals surface area contributed by atoms with Gasteiger partial charge in [-0.25, -0.2) is 0 Å². The number of aliphatic carboxylic acids is 1. The molecule has 0 heterocycles. The van der Waals surface area contributed by atoms with Gasteiger partial charge in [0.2, 0.25) is 0 Å². The smallest absolute Gasteiger partial charge is 0.323 e. The van der Waals surface area contributed by atoms with Crippen molar-refractivity contribution in [1.82, 2.24) is 10.2 Å². The fourth-order valence-corrected chi connectivity index (χ4v) is 3.05. The van der Waals surface area contributed by atoms with Crippen LogP contribution in [0, 0.1) is 0 Å². The van der Waals surface area contributed by atoms with Crippen LogP contribution in [-0.4, -0.2) is 60.4 Å². The number of carboxylic acids is 1. The normalized spacial score (nSPS) is 26.3. The van der Waals surface area contributed by atoms with E-state index >= 15 is 0 Å². The monoisotopic (exact) mass is 286 g/mol. The van der Waals surface area contributed by atoms with Crippen LogP contribution in [-0.2, 0) is 9.53 Å². The molecule has 20 heavy (non-hydrogen) atoms. The quantitative estimate of drug-likeness (QED) is 0.599. The van der Waals surface area contributed by atoms with Crippen LogP contribution >= 0.6 is 0 Å². The predicted molar refractivity (Wildman–Crippen MR) is 80.0 cm³/mol. The van der Waals surface area contributed by atoms with E-state index in [2.05, 4.69) is 24.1 Å². The van der Waals surface area contributed by atoms with Gasteiger partial charge in [-0.2, -0.15) is 0 Å². The zero-order chi connectivity index (χ0) is 15.0. The van der Waals surface area contributed by atoms with Gasteiger partial charge in [-0.15, -0.1) is 0 Å². The topological polar surface area (TPSA) is 61.8 Å². The Morgan fingerprint density at radius 2 is 2.20 bits per heavy atom. The van der Waals surface area contributed by atoms with Gasteiger partial charge in [0.1, 0.15) is 5.54 Å². The van der Waals surface area contributed by atoms with Crippen molar-refractivity contribution in [1.29, 1.82) is 0 Å². The minimum atomic E-state index is -0.723. The van der Waals surface area contributed by atoms with Gasteiger partial charge in [0.05, 0.1) is 6.61 Å². The van der Waals surface area contributed by atoms with E-state index in [1.165, 1.54) is 0 Å². The molecule has 0 radical (unpaired) electrons. The number of ether oxygens (including phenoxy) is 1. The number of likely N-dealkylation sites (N-methyl/N-ethyl adjacent to an activating group) is 1. The first-order valence-electron chi connectivity index (χ1n) is 7.89. The van der Waals surface area contributed by atoms with Crippen LogP contribution in [0.4, 0.5) is 0 Å². The van der Waals surface area contributed by atoms with Gasteiger partial charge >= 0.3 is 5.97 Å². The van der Waals surface area contributed by atoms with E-state index in [4.69, 9.17) is 4.74 Å². The highest BCUT2D eigenvalue weighted by atomic mass is 16.5. The Kier molecular flexibility index (Phi) is 7.48. The van der Waals surface area contributed by atoms with Crippen LogP contribution in [0.25, 0.3) is 0 Å². The molecular formula is C15H30N2O3. The molecule has 1 fully saturated rings.